The Hall–Kier alpha value is -1.04. The van der Waals surface area contributed by atoms with Crippen molar-refractivity contribution in [1.82, 2.24) is 4.90 Å². The van der Waals surface area contributed by atoms with Crippen LogP contribution in [-0.4, -0.2) is 18.5 Å². The molecule has 0 aliphatic heterocycles. The lowest BCUT2D eigenvalue weighted by molar-refractivity contribution is 0.200. The fourth-order valence-electron chi connectivity index (χ4n) is 2.22. The highest BCUT2D eigenvalue weighted by atomic mass is 35.5. The highest BCUT2D eigenvalue weighted by molar-refractivity contribution is 6.31. The van der Waals surface area contributed by atoms with Crippen molar-refractivity contribution in [2.24, 2.45) is 5.92 Å². The van der Waals surface area contributed by atoms with Gasteiger partial charge < -0.3 is 4.90 Å². The zero-order valence-corrected chi connectivity index (χ0v) is 10.9. The molecule has 1 aliphatic rings. The van der Waals surface area contributed by atoms with Crippen LogP contribution in [0.5, 0.6) is 0 Å². The van der Waals surface area contributed by atoms with Gasteiger partial charge >= 0.3 is 0 Å². The SMILES string of the molecule is CN(Cc1ccc(C#N)cc1Cl)CC1CCC1. The number of rotatable bonds is 4. The predicted molar refractivity (Wildman–Crippen MR) is 69.8 cm³/mol. The molecule has 2 rings (SSSR count). The Morgan fingerprint density at radius 2 is 2.24 bits per heavy atom. The Morgan fingerprint density at radius 3 is 2.76 bits per heavy atom. The van der Waals surface area contributed by atoms with Crippen LogP contribution in [-0.2, 0) is 6.54 Å². The van der Waals surface area contributed by atoms with Gasteiger partial charge in [-0.05, 0) is 43.5 Å². The maximum atomic E-state index is 8.77. The third-order valence-electron chi connectivity index (χ3n) is 3.42. The lowest BCUT2D eigenvalue weighted by atomic mass is 9.85. The van der Waals surface area contributed by atoms with Crippen LogP contribution >= 0.6 is 11.6 Å². The van der Waals surface area contributed by atoms with E-state index in [2.05, 4.69) is 18.0 Å². The van der Waals surface area contributed by atoms with Crippen molar-refractivity contribution in [1.29, 1.82) is 5.26 Å². The summed E-state index contributed by atoms with van der Waals surface area (Å²) < 4.78 is 0. The van der Waals surface area contributed by atoms with Crippen LogP contribution in [0.4, 0.5) is 0 Å². The molecule has 0 N–H and O–H groups in total. The van der Waals surface area contributed by atoms with E-state index in [1.54, 1.807) is 6.07 Å². The third-order valence-corrected chi connectivity index (χ3v) is 3.77. The molecule has 0 amide bonds. The van der Waals surface area contributed by atoms with Crippen LogP contribution in [0.15, 0.2) is 18.2 Å². The second-order valence-corrected chi connectivity index (χ2v) is 5.32. The molecular weight excluding hydrogens is 232 g/mol. The van der Waals surface area contributed by atoms with Gasteiger partial charge in [0.15, 0.2) is 0 Å². The van der Waals surface area contributed by atoms with E-state index in [9.17, 15) is 0 Å². The highest BCUT2D eigenvalue weighted by Gasteiger charge is 2.19. The van der Waals surface area contributed by atoms with Crippen molar-refractivity contribution >= 4 is 11.6 Å². The van der Waals surface area contributed by atoms with E-state index in [-0.39, 0.29) is 0 Å². The Morgan fingerprint density at radius 1 is 1.47 bits per heavy atom. The average Bonchev–Trinajstić information content (AvgIpc) is 2.26. The first kappa shape index (κ1) is 12.4. The summed E-state index contributed by atoms with van der Waals surface area (Å²) in [5.74, 6) is 0.872. The predicted octanol–water partition coefficient (Wildman–Crippen LogP) is 3.44. The summed E-state index contributed by atoms with van der Waals surface area (Å²) in [4.78, 5) is 2.32. The maximum Gasteiger partial charge on any atom is 0.0992 e. The molecule has 1 saturated carbocycles. The molecule has 2 nitrogen and oxygen atoms in total. The lowest BCUT2D eigenvalue weighted by Gasteiger charge is -2.30. The second-order valence-electron chi connectivity index (χ2n) is 4.91. The highest BCUT2D eigenvalue weighted by Crippen LogP contribution is 2.27. The minimum absolute atomic E-state index is 0.625. The van der Waals surface area contributed by atoms with Gasteiger partial charge in [-0.25, -0.2) is 0 Å². The summed E-state index contributed by atoms with van der Waals surface area (Å²) in [5.41, 5.74) is 1.73. The molecule has 1 aromatic carbocycles. The Labute approximate surface area is 108 Å². The topological polar surface area (TPSA) is 27.0 Å². The van der Waals surface area contributed by atoms with E-state index in [0.717, 1.165) is 24.6 Å². The third kappa shape index (κ3) is 3.21. The maximum absolute atomic E-state index is 8.77. The quantitative estimate of drug-likeness (QED) is 0.816. The van der Waals surface area contributed by atoms with Crippen LogP contribution in [0, 0.1) is 17.2 Å². The van der Waals surface area contributed by atoms with Crippen molar-refractivity contribution in [2.75, 3.05) is 13.6 Å². The number of hydrogen-bond acceptors (Lipinski definition) is 2. The first-order chi connectivity index (χ1) is 8.19. The number of hydrogen-bond donors (Lipinski definition) is 0. The largest absolute Gasteiger partial charge is 0.302 e. The molecule has 0 heterocycles. The number of nitrogens with zero attached hydrogens (tertiary/aromatic N) is 2. The molecule has 0 radical (unpaired) electrons. The molecule has 0 bridgehead atoms. The van der Waals surface area contributed by atoms with Crippen molar-refractivity contribution in [3.8, 4) is 6.07 Å². The first-order valence-corrected chi connectivity index (χ1v) is 6.44. The summed E-state index contributed by atoms with van der Waals surface area (Å²) in [5, 5.41) is 9.47. The molecule has 1 aliphatic carbocycles. The first-order valence-electron chi connectivity index (χ1n) is 6.06. The van der Waals surface area contributed by atoms with Gasteiger partial charge in [-0.3, -0.25) is 0 Å². The number of halogens is 1. The molecule has 1 fully saturated rings. The van der Waals surface area contributed by atoms with Crippen LogP contribution in [0.25, 0.3) is 0 Å². The van der Waals surface area contributed by atoms with Crippen molar-refractivity contribution in [2.45, 2.75) is 25.8 Å². The molecule has 0 unspecified atom stereocenters. The Balaban J connectivity index is 1.95. The zero-order chi connectivity index (χ0) is 12.3. The molecule has 0 spiro atoms. The molecule has 0 aromatic heterocycles. The van der Waals surface area contributed by atoms with Gasteiger partial charge in [0, 0.05) is 18.1 Å². The smallest absolute Gasteiger partial charge is 0.0992 e. The summed E-state index contributed by atoms with van der Waals surface area (Å²) >= 11 is 6.16. The van der Waals surface area contributed by atoms with Gasteiger partial charge in [-0.2, -0.15) is 5.26 Å². The minimum atomic E-state index is 0.625. The molecule has 0 atom stereocenters. The van der Waals surface area contributed by atoms with E-state index in [0.29, 0.717) is 10.6 Å². The van der Waals surface area contributed by atoms with E-state index in [1.807, 2.05) is 12.1 Å². The van der Waals surface area contributed by atoms with E-state index >= 15 is 0 Å². The molecule has 1 aromatic rings. The van der Waals surface area contributed by atoms with Crippen LogP contribution in [0.2, 0.25) is 5.02 Å². The lowest BCUT2D eigenvalue weighted by Crippen LogP contribution is -2.29. The zero-order valence-electron chi connectivity index (χ0n) is 10.1. The second kappa shape index (κ2) is 5.53. The molecule has 0 saturated heterocycles. The average molecular weight is 249 g/mol. The van der Waals surface area contributed by atoms with Gasteiger partial charge in [0.25, 0.3) is 0 Å². The van der Waals surface area contributed by atoms with Gasteiger partial charge in [-0.15, -0.1) is 0 Å². The molecular formula is C14H17ClN2. The summed E-state index contributed by atoms with van der Waals surface area (Å²) in [6, 6.07) is 7.63. The summed E-state index contributed by atoms with van der Waals surface area (Å²) in [7, 11) is 2.13. The summed E-state index contributed by atoms with van der Waals surface area (Å²) in [6.07, 6.45) is 4.12. The van der Waals surface area contributed by atoms with Crippen LogP contribution < -0.4 is 0 Å². The summed E-state index contributed by atoms with van der Waals surface area (Å²) in [6.45, 7) is 2.01. The number of benzene rings is 1. The van der Waals surface area contributed by atoms with E-state index < -0.39 is 0 Å². The van der Waals surface area contributed by atoms with Gasteiger partial charge in [-0.1, -0.05) is 24.1 Å². The van der Waals surface area contributed by atoms with Crippen molar-refractivity contribution < 1.29 is 0 Å². The van der Waals surface area contributed by atoms with Gasteiger partial charge in [0.2, 0.25) is 0 Å². The van der Waals surface area contributed by atoms with Gasteiger partial charge in [0.1, 0.15) is 0 Å². The normalized spacial score (nSPS) is 15.6. The standard InChI is InChI=1S/C14H17ClN2/c1-17(9-11-3-2-4-11)10-13-6-5-12(8-16)7-14(13)15/h5-7,11H,2-4,9-10H2,1H3. The van der Waals surface area contributed by atoms with Crippen LogP contribution in [0.3, 0.4) is 0 Å². The number of nitriles is 1. The van der Waals surface area contributed by atoms with Crippen molar-refractivity contribution in [3.05, 3.63) is 34.3 Å². The molecule has 90 valence electrons. The fourth-order valence-corrected chi connectivity index (χ4v) is 2.46. The molecule has 3 heteroatoms. The van der Waals surface area contributed by atoms with Crippen LogP contribution in [0.1, 0.15) is 30.4 Å². The fraction of sp³-hybridized carbons (Fsp3) is 0.500. The van der Waals surface area contributed by atoms with Gasteiger partial charge in [0.05, 0.1) is 11.6 Å². The molecule has 17 heavy (non-hydrogen) atoms. The monoisotopic (exact) mass is 248 g/mol. The minimum Gasteiger partial charge on any atom is -0.302 e. The Bertz CT molecular complexity index is 432. The van der Waals surface area contributed by atoms with E-state index in [4.69, 9.17) is 16.9 Å². The van der Waals surface area contributed by atoms with E-state index in [1.165, 1.54) is 19.3 Å². The van der Waals surface area contributed by atoms with Crippen molar-refractivity contribution in [3.63, 3.8) is 0 Å². The Kier molecular flexibility index (Phi) is 4.04.